The Bertz CT molecular complexity index is 1860. The number of benzene rings is 3. The highest BCUT2D eigenvalue weighted by molar-refractivity contribution is 7.07. The Hall–Kier alpha value is -4.71. The van der Waals surface area contributed by atoms with Crippen LogP contribution >= 0.6 is 11.3 Å². The van der Waals surface area contributed by atoms with Crippen molar-refractivity contribution in [3.05, 3.63) is 106 Å². The van der Waals surface area contributed by atoms with E-state index in [0.29, 0.717) is 28.8 Å². The van der Waals surface area contributed by atoms with Crippen molar-refractivity contribution in [1.82, 2.24) is 24.6 Å². The molecule has 5 rings (SSSR count). The highest BCUT2D eigenvalue weighted by atomic mass is 32.1. The van der Waals surface area contributed by atoms with Gasteiger partial charge < -0.3 is 10.1 Å². The van der Waals surface area contributed by atoms with E-state index in [1.54, 1.807) is 0 Å². The highest BCUT2D eigenvalue weighted by Crippen LogP contribution is 2.26. The molecule has 5 aromatic rings. The number of halogens is 3. The monoisotopic (exact) mass is 634 g/mol. The minimum absolute atomic E-state index is 0.0164. The summed E-state index contributed by atoms with van der Waals surface area (Å²) in [5, 5.41) is 9.39. The summed E-state index contributed by atoms with van der Waals surface area (Å²) in [5.74, 6) is 0.484. The standard InChI is InChI=1S/C33H33F3N6O2S/c1-20(2)28-15-6-21(3)16-29(28)42-23(5)18-45-32(42)39-31(43)37-17-22(4)24-7-9-25(10-8-24)30-38-19-41(40-30)26-11-13-27(14-12-26)44-33(34,35)36/h6-16,18-20,22H,17H2,1-5H3,(H,37,43). The maximum atomic E-state index is 12.9. The van der Waals surface area contributed by atoms with Crippen LogP contribution in [0.1, 0.15) is 55.0 Å². The molecule has 1 atom stereocenters. The zero-order valence-electron chi connectivity index (χ0n) is 25.5. The van der Waals surface area contributed by atoms with Crippen LogP contribution in [0.5, 0.6) is 5.75 Å². The van der Waals surface area contributed by atoms with Gasteiger partial charge in [-0.3, -0.25) is 4.57 Å². The second-order valence-corrected chi connectivity index (χ2v) is 11.9. The minimum Gasteiger partial charge on any atom is -0.406 e. The molecular formula is C33H33F3N6O2S. The van der Waals surface area contributed by atoms with Crippen molar-refractivity contribution in [2.75, 3.05) is 6.54 Å². The molecule has 0 radical (unpaired) electrons. The van der Waals surface area contributed by atoms with Crippen LogP contribution in [0.4, 0.5) is 18.0 Å². The number of carbonyl (C=O) groups excluding carboxylic acids is 1. The third-order valence-electron chi connectivity index (χ3n) is 7.25. The Labute approximate surface area is 262 Å². The van der Waals surface area contributed by atoms with E-state index >= 15 is 0 Å². The van der Waals surface area contributed by atoms with Crippen molar-refractivity contribution in [1.29, 1.82) is 0 Å². The molecule has 2 heterocycles. The lowest BCUT2D eigenvalue weighted by atomic mass is 9.99. The molecule has 12 heteroatoms. The van der Waals surface area contributed by atoms with Gasteiger partial charge in [0.05, 0.1) is 11.4 Å². The van der Waals surface area contributed by atoms with Crippen molar-refractivity contribution < 1.29 is 22.7 Å². The molecule has 0 bridgehead atoms. The van der Waals surface area contributed by atoms with E-state index in [-0.39, 0.29) is 11.7 Å². The van der Waals surface area contributed by atoms with E-state index in [1.165, 1.54) is 52.2 Å². The first-order valence-electron chi connectivity index (χ1n) is 14.4. The number of thiazole rings is 1. The van der Waals surface area contributed by atoms with Crippen LogP contribution in [0.25, 0.3) is 22.8 Å². The van der Waals surface area contributed by atoms with Gasteiger partial charge in [-0.05, 0) is 72.7 Å². The maximum Gasteiger partial charge on any atom is 0.573 e. The molecule has 1 unspecified atom stereocenters. The van der Waals surface area contributed by atoms with Gasteiger partial charge in [-0.15, -0.1) is 29.6 Å². The third-order valence-corrected chi connectivity index (χ3v) is 8.19. The van der Waals surface area contributed by atoms with E-state index in [9.17, 15) is 18.0 Å². The number of ether oxygens (including phenoxy) is 1. The zero-order chi connectivity index (χ0) is 32.3. The van der Waals surface area contributed by atoms with Gasteiger partial charge in [-0.1, -0.05) is 57.2 Å². The van der Waals surface area contributed by atoms with Gasteiger partial charge in [0.2, 0.25) is 0 Å². The minimum atomic E-state index is -4.75. The lowest BCUT2D eigenvalue weighted by Gasteiger charge is -2.16. The lowest BCUT2D eigenvalue weighted by Crippen LogP contribution is -2.28. The summed E-state index contributed by atoms with van der Waals surface area (Å²) in [5.41, 5.74) is 6.71. The van der Waals surface area contributed by atoms with Gasteiger partial charge in [0.15, 0.2) is 10.6 Å². The van der Waals surface area contributed by atoms with E-state index < -0.39 is 12.4 Å². The number of aryl methyl sites for hydroxylation is 2. The SMILES string of the molecule is Cc1ccc(C(C)C)c(-n2c(C)csc2=NC(=O)NCC(C)c2ccc(-c3ncn(-c4ccc(OC(F)(F)F)cc4)n3)cc2)c1. The molecule has 1 N–H and O–H groups in total. The summed E-state index contributed by atoms with van der Waals surface area (Å²) in [7, 11) is 0. The highest BCUT2D eigenvalue weighted by Gasteiger charge is 2.31. The van der Waals surface area contributed by atoms with Gasteiger partial charge in [0.25, 0.3) is 0 Å². The molecular weight excluding hydrogens is 601 g/mol. The van der Waals surface area contributed by atoms with E-state index in [4.69, 9.17) is 0 Å². The van der Waals surface area contributed by atoms with Crippen LogP contribution in [0.2, 0.25) is 0 Å². The molecule has 0 spiro atoms. The zero-order valence-corrected chi connectivity index (χ0v) is 26.3. The Morgan fingerprint density at radius 3 is 2.40 bits per heavy atom. The molecule has 0 aliphatic carbocycles. The predicted molar refractivity (Wildman–Crippen MR) is 168 cm³/mol. The van der Waals surface area contributed by atoms with Crippen LogP contribution < -0.4 is 14.9 Å². The van der Waals surface area contributed by atoms with Gasteiger partial charge >= 0.3 is 12.4 Å². The van der Waals surface area contributed by atoms with E-state index in [1.807, 2.05) is 48.1 Å². The number of nitrogens with one attached hydrogen (secondary N) is 1. The summed E-state index contributed by atoms with van der Waals surface area (Å²) in [4.78, 5) is 22.3. The lowest BCUT2D eigenvalue weighted by molar-refractivity contribution is -0.274. The Morgan fingerprint density at radius 1 is 1.02 bits per heavy atom. The van der Waals surface area contributed by atoms with E-state index in [0.717, 1.165) is 28.1 Å². The van der Waals surface area contributed by atoms with E-state index in [2.05, 4.69) is 64.1 Å². The number of hydrogen-bond acceptors (Lipinski definition) is 5. The molecule has 2 aromatic heterocycles. The molecule has 0 aliphatic heterocycles. The molecule has 2 amide bonds. The fourth-order valence-electron chi connectivity index (χ4n) is 4.86. The van der Waals surface area contributed by atoms with Crippen LogP contribution in [0, 0.1) is 13.8 Å². The average molecular weight is 635 g/mol. The fourth-order valence-corrected chi connectivity index (χ4v) is 5.73. The average Bonchev–Trinajstić information content (AvgIpc) is 3.62. The Morgan fingerprint density at radius 2 is 1.73 bits per heavy atom. The van der Waals surface area contributed by atoms with Crippen molar-refractivity contribution in [3.8, 4) is 28.5 Å². The van der Waals surface area contributed by atoms with Crippen molar-refractivity contribution in [2.45, 2.75) is 52.8 Å². The second-order valence-electron chi connectivity index (χ2n) is 11.1. The van der Waals surface area contributed by atoms with Gasteiger partial charge in [-0.2, -0.15) is 4.99 Å². The smallest absolute Gasteiger partial charge is 0.406 e. The number of aromatic nitrogens is 4. The molecule has 45 heavy (non-hydrogen) atoms. The molecule has 8 nitrogen and oxygen atoms in total. The van der Waals surface area contributed by atoms with Crippen LogP contribution in [-0.4, -0.2) is 38.3 Å². The van der Waals surface area contributed by atoms with Crippen LogP contribution in [-0.2, 0) is 0 Å². The molecule has 0 fully saturated rings. The molecule has 234 valence electrons. The quantitative estimate of drug-likeness (QED) is 0.188. The number of amides is 2. The molecule has 0 aliphatic rings. The first-order chi connectivity index (χ1) is 21.4. The van der Waals surface area contributed by atoms with Gasteiger partial charge in [0, 0.05) is 23.2 Å². The largest absolute Gasteiger partial charge is 0.573 e. The fraction of sp³-hybridized carbons (Fsp3) is 0.273. The number of hydrogen-bond donors (Lipinski definition) is 1. The molecule has 0 saturated heterocycles. The van der Waals surface area contributed by atoms with Crippen molar-refractivity contribution in [2.24, 2.45) is 4.99 Å². The first kappa shape index (κ1) is 31.7. The van der Waals surface area contributed by atoms with Gasteiger partial charge in [0.1, 0.15) is 12.1 Å². The Kier molecular flexibility index (Phi) is 9.24. The normalized spacial score (nSPS) is 12.9. The summed E-state index contributed by atoms with van der Waals surface area (Å²) in [6.45, 7) is 10.8. The summed E-state index contributed by atoms with van der Waals surface area (Å²) >= 11 is 1.43. The summed E-state index contributed by atoms with van der Waals surface area (Å²) < 4.78 is 44.7. The number of nitrogens with zero attached hydrogens (tertiary/aromatic N) is 5. The molecule has 3 aromatic carbocycles. The number of rotatable bonds is 8. The van der Waals surface area contributed by atoms with Crippen molar-refractivity contribution >= 4 is 17.4 Å². The first-order valence-corrected chi connectivity index (χ1v) is 15.2. The van der Waals surface area contributed by atoms with Crippen LogP contribution in [0.3, 0.4) is 0 Å². The second kappa shape index (κ2) is 13.1. The molecule has 0 saturated carbocycles. The maximum absolute atomic E-state index is 12.9. The summed E-state index contributed by atoms with van der Waals surface area (Å²) in [6, 6.07) is 19.0. The van der Waals surface area contributed by atoms with Crippen LogP contribution in [0.15, 0.2) is 83.4 Å². The van der Waals surface area contributed by atoms with Crippen molar-refractivity contribution in [3.63, 3.8) is 0 Å². The van der Waals surface area contributed by atoms with Gasteiger partial charge in [-0.25, -0.2) is 14.5 Å². The number of urea groups is 1. The third kappa shape index (κ3) is 7.69. The number of alkyl halides is 3. The predicted octanol–water partition coefficient (Wildman–Crippen LogP) is 7.84. The Balaban J connectivity index is 1.23. The summed E-state index contributed by atoms with van der Waals surface area (Å²) in [6.07, 6.45) is -3.26. The number of carbonyl (C=O) groups is 1. The topological polar surface area (TPSA) is 86.3 Å².